The minimum Gasteiger partial charge on any atom is -0.392 e. The van der Waals surface area contributed by atoms with Crippen LogP contribution in [-0.4, -0.2) is 26.2 Å². The lowest BCUT2D eigenvalue weighted by molar-refractivity contribution is 0.167. The first-order valence-corrected chi connectivity index (χ1v) is 6.97. The van der Waals surface area contributed by atoms with Crippen LogP contribution in [0.1, 0.15) is 19.8 Å². The lowest BCUT2D eigenvalue weighted by atomic mass is 10.2. The van der Waals surface area contributed by atoms with Crippen molar-refractivity contribution in [1.29, 1.82) is 0 Å². The maximum Gasteiger partial charge on any atom is 0.240 e. The monoisotopic (exact) mass is 279 g/mol. The first-order valence-electron chi connectivity index (χ1n) is 5.49. The number of aliphatic hydroxyl groups is 1. The summed E-state index contributed by atoms with van der Waals surface area (Å²) in [6, 6.07) is 2.03. The summed E-state index contributed by atoms with van der Waals surface area (Å²) in [5.74, 6) is -1.94. The Morgan fingerprint density at radius 3 is 2.33 bits per heavy atom. The molecule has 0 radical (unpaired) electrons. The summed E-state index contributed by atoms with van der Waals surface area (Å²) in [5, 5.41) is 9.39. The zero-order valence-corrected chi connectivity index (χ0v) is 10.7. The van der Waals surface area contributed by atoms with Crippen LogP contribution >= 0.6 is 0 Å². The number of aliphatic hydroxyl groups excluding tert-OH is 1. The summed E-state index contributed by atoms with van der Waals surface area (Å²) < 4.78 is 51.3. The number of rotatable bonds is 6. The molecule has 0 unspecified atom stereocenters. The molecule has 2 N–H and O–H groups in total. The lowest BCUT2D eigenvalue weighted by Crippen LogP contribution is -2.32. The summed E-state index contributed by atoms with van der Waals surface area (Å²) in [6.45, 7) is 1.66. The fourth-order valence-corrected chi connectivity index (χ4v) is 2.52. The van der Waals surface area contributed by atoms with E-state index in [1.54, 1.807) is 0 Å². The standard InChI is InChI=1S/C11H15F2NO3S/c1-2-3-10(15)7-14-18(16,17)11-5-8(12)4-9(13)6-11/h4-6,10,14-15H,2-3,7H2,1H3/t10-/m0/s1. The molecule has 0 heterocycles. The minimum atomic E-state index is -4.01. The SMILES string of the molecule is CCC[C@H](O)CNS(=O)(=O)c1cc(F)cc(F)c1. The Morgan fingerprint density at radius 2 is 1.83 bits per heavy atom. The van der Waals surface area contributed by atoms with E-state index in [0.29, 0.717) is 18.9 Å². The minimum absolute atomic E-state index is 0.186. The largest absolute Gasteiger partial charge is 0.392 e. The van der Waals surface area contributed by atoms with Crippen LogP contribution in [0.2, 0.25) is 0 Å². The lowest BCUT2D eigenvalue weighted by Gasteiger charge is -2.11. The van der Waals surface area contributed by atoms with Crippen molar-refractivity contribution in [3.8, 4) is 0 Å². The normalized spacial score (nSPS) is 13.6. The van der Waals surface area contributed by atoms with Gasteiger partial charge in [-0.1, -0.05) is 13.3 Å². The Kier molecular flexibility index (Phi) is 5.18. The number of hydrogen-bond donors (Lipinski definition) is 2. The van der Waals surface area contributed by atoms with E-state index in [1.165, 1.54) is 0 Å². The Morgan fingerprint density at radius 1 is 1.28 bits per heavy atom. The fourth-order valence-electron chi connectivity index (χ4n) is 1.41. The second-order valence-corrected chi connectivity index (χ2v) is 5.67. The average molecular weight is 279 g/mol. The van der Waals surface area contributed by atoms with E-state index in [0.717, 1.165) is 12.1 Å². The van der Waals surface area contributed by atoms with Gasteiger partial charge in [0.1, 0.15) is 11.6 Å². The van der Waals surface area contributed by atoms with Crippen LogP contribution in [0.15, 0.2) is 23.1 Å². The van der Waals surface area contributed by atoms with Gasteiger partial charge in [0.15, 0.2) is 0 Å². The van der Waals surface area contributed by atoms with Crippen molar-refractivity contribution in [2.75, 3.05) is 6.54 Å². The molecule has 18 heavy (non-hydrogen) atoms. The average Bonchev–Trinajstić information content (AvgIpc) is 2.26. The van der Waals surface area contributed by atoms with Crippen LogP contribution in [0, 0.1) is 11.6 Å². The predicted octanol–water partition coefficient (Wildman–Crippen LogP) is 1.40. The van der Waals surface area contributed by atoms with E-state index >= 15 is 0 Å². The molecule has 4 nitrogen and oxygen atoms in total. The maximum absolute atomic E-state index is 12.9. The molecule has 0 aromatic heterocycles. The molecule has 0 bridgehead atoms. The Labute approximate surface area is 105 Å². The molecule has 1 aromatic rings. The third-order valence-electron chi connectivity index (χ3n) is 2.28. The highest BCUT2D eigenvalue weighted by Crippen LogP contribution is 2.13. The molecule has 0 amide bonds. The van der Waals surface area contributed by atoms with Crippen molar-refractivity contribution in [2.45, 2.75) is 30.8 Å². The third kappa shape index (κ3) is 4.32. The molecule has 1 aromatic carbocycles. The molecule has 0 saturated carbocycles. The van der Waals surface area contributed by atoms with Crippen LogP contribution < -0.4 is 4.72 Å². The molecule has 1 rings (SSSR count). The van der Waals surface area contributed by atoms with Crippen molar-refractivity contribution in [1.82, 2.24) is 4.72 Å². The van der Waals surface area contributed by atoms with E-state index in [4.69, 9.17) is 0 Å². The van der Waals surface area contributed by atoms with Gasteiger partial charge < -0.3 is 5.11 Å². The molecule has 0 saturated heterocycles. The summed E-state index contributed by atoms with van der Waals surface area (Å²) in [4.78, 5) is -0.497. The highest BCUT2D eigenvalue weighted by molar-refractivity contribution is 7.89. The summed E-state index contributed by atoms with van der Waals surface area (Å²) in [5.41, 5.74) is 0. The summed E-state index contributed by atoms with van der Waals surface area (Å²) in [7, 11) is -4.01. The van der Waals surface area contributed by atoms with Crippen molar-refractivity contribution < 1.29 is 22.3 Å². The van der Waals surface area contributed by atoms with Gasteiger partial charge in [-0.15, -0.1) is 0 Å². The predicted molar refractivity (Wildman–Crippen MR) is 62.5 cm³/mol. The molecule has 7 heteroatoms. The molecule has 0 spiro atoms. The molecule has 1 atom stereocenters. The van der Waals surface area contributed by atoms with Crippen molar-refractivity contribution >= 4 is 10.0 Å². The van der Waals surface area contributed by atoms with Crippen molar-refractivity contribution in [2.24, 2.45) is 0 Å². The summed E-state index contributed by atoms with van der Waals surface area (Å²) >= 11 is 0. The number of nitrogens with one attached hydrogen (secondary N) is 1. The number of benzene rings is 1. The molecule has 0 aliphatic carbocycles. The Balaban J connectivity index is 2.80. The van der Waals surface area contributed by atoms with Crippen molar-refractivity contribution in [3.63, 3.8) is 0 Å². The number of sulfonamides is 1. The highest BCUT2D eigenvalue weighted by Gasteiger charge is 2.17. The van der Waals surface area contributed by atoms with Crippen LogP contribution in [0.25, 0.3) is 0 Å². The van der Waals surface area contributed by atoms with Gasteiger partial charge in [-0.3, -0.25) is 0 Å². The first-order chi connectivity index (χ1) is 8.35. The van der Waals surface area contributed by atoms with Gasteiger partial charge >= 0.3 is 0 Å². The molecule has 0 aliphatic heterocycles. The highest BCUT2D eigenvalue weighted by atomic mass is 32.2. The molecular weight excluding hydrogens is 264 g/mol. The van der Waals surface area contributed by atoms with Gasteiger partial charge in [0.2, 0.25) is 10.0 Å². The topological polar surface area (TPSA) is 66.4 Å². The van der Waals surface area contributed by atoms with E-state index in [1.807, 2.05) is 6.92 Å². The van der Waals surface area contributed by atoms with Crippen LogP contribution in [0.4, 0.5) is 8.78 Å². The second-order valence-electron chi connectivity index (χ2n) is 3.90. The van der Waals surface area contributed by atoms with Gasteiger partial charge in [-0.05, 0) is 18.6 Å². The zero-order valence-electron chi connectivity index (χ0n) is 9.86. The zero-order chi connectivity index (χ0) is 13.8. The van der Waals surface area contributed by atoms with Crippen molar-refractivity contribution in [3.05, 3.63) is 29.8 Å². The fraction of sp³-hybridized carbons (Fsp3) is 0.455. The van der Waals surface area contributed by atoms with Crippen LogP contribution in [-0.2, 0) is 10.0 Å². The number of hydrogen-bond acceptors (Lipinski definition) is 3. The molecule has 0 aliphatic rings. The molecule has 0 fully saturated rings. The van der Waals surface area contributed by atoms with Crippen LogP contribution in [0.3, 0.4) is 0 Å². The maximum atomic E-state index is 12.9. The van der Waals surface area contributed by atoms with Gasteiger partial charge in [-0.2, -0.15) is 0 Å². The van der Waals surface area contributed by atoms with E-state index < -0.39 is 32.7 Å². The Hall–Kier alpha value is -1.05. The van der Waals surface area contributed by atoms with E-state index in [9.17, 15) is 22.3 Å². The molecular formula is C11H15F2NO3S. The third-order valence-corrected chi connectivity index (χ3v) is 3.68. The van der Waals surface area contributed by atoms with Crippen LogP contribution in [0.5, 0.6) is 0 Å². The Bertz CT molecular complexity index is 485. The van der Waals surface area contributed by atoms with E-state index in [-0.39, 0.29) is 6.54 Å². The van der Waals surface area contributed by atoms with Gasteiger partial charge in [0, 0.05) is 12.6 Å². The first kappa shape index (κ1) is 15.0. The van der Waals surface area contributed by atoms with Gasteiger partial charge in [-0.25, -0.2) is 21.9 Å². The van der Waals surface area contributed by atoms with Gasteiger partial charge in [0.05, 0.1) is 11.0 Å². The quantitative estimate of drug-likeness (QED) is 0.827. The van der Waals surface area contributed by atoms with E-state index in [2.05, 4.69) is 4.72 Å². The van der Waals surface area contributed by atoms with Gasteiger partial charge in [0.25, 0.3) is 0 Å². The molecule has 102 valence electrons. The smallest absolute Gasteiger partial charge is 0.240 e. The summed E-state index contributed by atoms with van der Waals surface area (Å²) in [6.07, 6.45) is 0.334. The number of halogens is 2. The second kappa shape index (κ2) is 6.21.